The van der Waals surface area contributed by atoms with Gasteiger partial charge in [0.15, 0.2) is 0 Å². The lowest BCUT2D eigenvalue weighted by Gasteiger charge is -2.15. The molecule has 0 spiro atoms. The van der Waals surface area contributed by atoms with Gasteiger partial charge in [-0.2, -0.15) is 0 Å². The number of aromatic amines is 1. The summed E-state index contributed by atoms with van der Waals surface area (Å²) < 4.78 is 5.74. The Kier molecular flexibility index (Phi) is 4.68. The number of H-pyrrole nitrogens is 1. The minimum atomic E-state index is -1.81. The molecule has 9 heteroatoms. The van der Waals surface area contributed by atoms with Gasteiger partial charge in [-0.25, -0.2) is 14.2 Å². The molecule has 0 saturated heterocycles. The van der Waals surface area contributed by atoms with E-state index in [9.17, 15) is 24.3 Å². The molecule has 0 fully saturated rings. The zero-order valence-corrected chi connectivity index (χ0v) is 14.3. The van der Waals surface area contributed by atoms with Crippen molar-refractivity contribution in [2.75, 3.05) is 0 Å². The van der Waals surface area contributed by atoms with Gasteiger partial charge in [-0.15, -0.1) is 0 Å². The number of carbonyl (C=O) groups is 2. The zero-order chi connectivity index (χ0) is 19.7. The summed E-state index contributed by atoms with van der Waals surface area (Å²) in [5, 5.41) is 18.3. The zero-order valence-electron chi connectivity index (χ0n) is 14.3. The fourth-order valence-corrected chi connectivity index (χ4v) is 3.04. The number of fused-ring (bicyclic) bond motifs is 1. The number of hydrogen-bond acceptors (Lipinski definition) is 5. The summed E-state index contributed by atoms with van der Waals surface area (Å²) in [6.45, 7) is 1.76. The third-order valence-corrected chi connectivity index (χ3v) is 4.17. The van der Waals surface area contributed by atoms with Gasteiger partial charge >= 0.3 is 17.6 Å². The van der Waals surface area contributed by atoms with Crippen molar-refractivity contribution in [3.63, 3.8) is 0 Å². The summed E-state index contributed by atoms with van der Waals surface area (Å²) in [5.41, 5.74) is -0.212. The van der Waals surface area contributed by atoms with Crippen molar-refractivity contribution in [1.29, 1.82) is 0 Å². The summed E-state index contributed by atoms with van der Waals surface area (Å²) in [6, 6.07) is 4.97. The summed E-state index contributed by atoms with van der Waals surface area (Å²) in [6.07, 6.45) is 0.934. The highest BCUT2D eigenvalue weighted by Crippen LogP contribution is 2.20. The SMILES string of the molecule is Cc1cc(Cc2ccco2)c2[nH]c(=O)n(C(CC(=O)O)C(=O)O)c(=O)c2c1. The Hall–Kier alpha value is -3.62. The molecule has 140 valence electrons. The van der Waals surface area contributed by atoms with Gasteiger partial charge in [0.2, 0.25) is 0 Å². The van der Waals surface area contributed by atoms with Crippen molar-refractivity contribution >= 4 is 22.8 Å². The molecule has 3 N–H and O–H groups in total. The first-order valence-corrected chi connectivity index (χ1v) is 8.03. The lowest BCUT2D eigenvalue weighted by molar-refractivity contribution is -0.147. The lowest BCUT2D eigenvalue weighted by atomic mass is 10.0. The smallest absolute Gasteiger partial charge is 0.329 e. The van der Waals surface area contributed by atoms with Gasteiger partial charge < -0.3 is 19.6 Å². The van der Waals surface area contributed by atoms with Crippen LogP contribution in [0.1, 0.15) is 29.3 Å². The van der Waals surface area contributed by atoms with Crippen LogP contribution < -0.4 is 11.2 Å². The standard InChI is InChI=1S/C18H16N2O7/c1-9-5-10(7-11-3-2-4-27-11)15-12(6-9)16(23)20(18(26)19-15)13(17(24)25)8-14(21)22/h2-6,13H,7-8H2,1H3,(H,19,26)(H,21,22)(H,24,25). The van der Waals surface area contributed by atoms with Gasteiger partial charge in [0.05, 0.1) is 23.6 Å². The van der Waals surface area contributed by atoms with Crippen molar-refractivity contribution < 1.29 is 24.2 Å². The molecule has 3 rings (SSSR count). The fourth-order valence-electron chi connectivity index (χ4n) is 3.04. The summed E-state index contributed by atoms with van der Waals surface area (Å²) >= 11 is 0. The number of carboxylic acid groups (broad SMARTS) is 2. The maximum Gasteiger partial charge on any atom is 0.329 e. The van der Waals surface area contributed by atoms with Crippen LogP contribution in [0.3, 0.4) is 0 Å². The molecular weight excluding hydrogens is 356 g/mol. The van der Waals surface area contributed by atoms with Crippen molar-refractivity contribution in [3.8, 4) is 0 Å². The van der Waals surface area contributed by atoms with Gasteiger partial charge in [-0.1, -0.05) is 6.07 Å². The van der Waals surface area contributed by atoms with E-state index in [0.717, 1.165) is 5.56 Å². The van der Waals surface area contributed by atoms with Crippen LogP contribution in [0.5, 0.6) is 0 Å². The van der Waals surface area contributed by atoms with Crippen molar-refractivity contribution in [2.45, 2.75) is 25.8 Å². The van der Waals surface area contributed by atoms with Crippen LogP contribution in [0, 0.1) is 6.92 Å². The number of benzene rings is 1. The van der Waals surface area contributed by atoms with Crippen molar-refractivity contribution in [3.05, 3.63) is 68.3 Å². The number of hydrogen-bond donors (Lipinski definition) is 3. The van der Waals surface area contributed by atoms with Gasteiger partial charge in [0, 0.05) is 6.42 Å². The first kappa shape index (κ1) is 18.2. The average molecular weight is 372 g/mol. The first-order valence-electron chi connectivity index (χ1n) is 8.03. The van der Waals surface area contributed by atoms with E-state index in [1.54, 1.807) is 25.1 Å². The van der Waals surface area contributed by atoms with Crippen LogP contribution in [0.2, 0.25) is 0 Å². The average Bonchev–Trinajstić information content (AvgIpc) is 3.07. The van der Waals surface area contributed by atoms with Crippen LogP contribution in [0.25, 0.3) is 10.9 Å². The van der Waals surface area contributed by atoms with Crippen LogP contribution in [0.4, 0.5) is 0 Å². The van der Waals surface area contributed by atoms with Crippen LogP contribution >= 0.6 is 0 Å². The number of aryl methyl sites for hydroxylation is 1. The molecule has 3 aromatic rings. The topological polar surface area (TPSA) is 143 Å². The van der Waals surface area contributed by atoms with Crippen molar-refractivity contribution in [2.24, 2.45) is 0 Å². The monoisotopic (exact) mass is 372 g/mol. The fraction of sp³-hybridized carbons (Fsp3) is 0.222. The molecule has 2 aromatic heterocycles. The van der Waals surface area contributed by atoms with Crippen molar-refractivity contribution in [1.82, 2.24) is 9.55 Å². The summed E-state index contributed by atoms with van der Waals surface area (Å²) in [7, 11) is 0. The molecule has 1 unspecified atom stereocenters. The molecule has 1 atom stereocenters. The maximum absolute atomic E-state index is 12.8. The second kappa shape index (κ2) is 6.94. The van der Waals surface area contributed by atoms with Crippen LogP contribution in [-0.2, 0) is 16.0 Å². The quantitative estimate of drug-likeness (QED) is 0.591. The summed E-state index contributed by atoms with van der Waals surface area (Å²) in [4.78, 5) is 50.2. The van der Waals surface area contributed by atoms with E-state index < -0.39 is 35.7 Å². The Morgan fingerprint density at radius 1 is 1.26 bits per heavy atom. The minimum Gasteiger partial charge on any atom is -0.481 e. The third-order valence-electron chi connectivity index (χ3n) is 4.17. The number of rotatable bonds is 6. The van der Waals surface area contributed by atoms with E-state index in [4.69, 9.17) is 9.52 Å². The largest absolute Gasteiger partial charge is 0.481 e. The van der Waals surface area contributed by atoms with E-state index in [1.165, 1.54) is 12.3 Å². The molecule has 0 amide bonds. The number of nitrogens with zero attached hydrogens (tertiary/aromatic N) is 1. The Labute approximate surface area is 151 Å². The van der Waals surface area contributed by atoms with Gasteiger partial charge in [-0.3, -0.25) is 9.59 Å². The van der Waals surface area contributed by atoms with Gasteiger partial charge in [0.25, 0.3) is 5.56 Å². The highest BCUT2D eigenvalue weighted by atomic mass is 16.4. The molecule has 0 aliphatic rings. The second-order valence-corrected chi connectivity index (χ2v) is 6.16. The molecule has 2 heterocycles. The Morgan fingerprint density at radius 2 is 2.00 bits per heavy atom. The molecule has 0 aliphatic heterocycles. The molecule has 27 heavy (non-hydrogen) atoms. The molecule has 0 bridgehead atoms. The van der Waals surface area contributed by atoms with Crippen LogP contribution in [0.15, 0.2) is 44.5 Å². The van der Waals surface area contributed by atoms with E-state index >= 15 is 0 Å². The van der Waals surface area contributed by atoms with E-state index in [-0.39, 0.29) is 10.9 Å². The van der Waals surface area contributed by atoms with Crippen LogP contribution in [-0.4, -0.2) is 31.7 Å². The number of nitrogens with one attached hydrogen (secondary N) is 1. The van der Waals surface area contributed by atoms with E-state index in [2.05, 4.69) is 4.98 Å². The predicted octanol–water partition coefficient (Wildman–Crippen LogP) is 1.28. The Balaban J connectivity index is 2.25. The van der Waals surface area contributed by atoms with Gasteiger partial charge in [-0.05, 0) is 36.2 Å². The van der Waals surface area contributed by atoms with E-state index in [1.807, 2.05) is 0 Å². The van der Waals surface area contributed by atoms with Gasteiger partial charge in [0.1, 0.15) is 11.8 Å². The molecule has 0 saturated carbocycles. The lowest BCUT2D eigenvalue weighted by Crippen LogP contribution is -2.42. The number of carboxylic acids is 2. The molecule has 0 radical (unpaired) electrons. The predicted molar refractivity (Wildman–Crippen MR) is 94.0 cm³/mol. The molecular formula is C18H16N2O7. The molecule has 1 aromatic carbocycles. The normalized spacial score (nSPS) is 12.2. The third kappa shape index (κ3) is 3.52. The second-order valence-electron chi connectivity index (χ2n) is 6.16. The number of aromatic nitrogens is 2. The Bertz CT molecular complexity index is 1140. The Morgan fingerprint density at radius 3 is 2.59 bits per heavy atom. The van der Waals surface area contributed by atoms with E-state index in [0.29, 0.717) is 22.3 Å². The maximum atomic E-state index is 12.8. The molecule has 9 nitrogen and oxygen atoms in total. The highest BCUT2D eigenvalue weighted by molar-refractivity contribution is 5.83. The number of furan rings is 1. The highest BCUT2D eigenvalue weighted by Gasteiger charge is 2.27. The summed E-state index contributed by atoms with van der Waals surface area (Å²) in [5.74, 6) is -2.38. The first-order chi connectivity index (χ1) is 12.8. The minimum absolute atomic E-state index is 0.104. The molecule has 0 aliphatic carbocycles. The number of aliphatic carboxylic acids is 2.